The van der Waals surface area contributed by atoms with Crippen LogP contribution in [-0.4, -0.2) is 14.8 Å². The quantitative estimate of drug-likeness (QED) is 0.587. The SMILES string of the molecule is Cn1cc(-c2c[nH]c3ccc4ccc(=O)cc4c(=O)c3c2)cn1. The summed E-state index contributed by atoms with van der Waals surface area (Å²) < 4.78 is 1.71. The van der Waals surface area contributed by atoms with E-state index in [9.17, 15) is 9.59 Å². The zero-order valence-electron chi connectivity index (χ0n) is 12.4. The fourth-order valence-corrected chi connectivity index (χ4v) is 2.77. The Morgan fingerprint density at radius 3 is 2.61 bits per heavy atom. The molecule has 0 spiro atoms. The summed E-state index contributed by atoms with van der Waals surface area (Å²) in [6, 6.07) is 10.1. The van der Waals surface area contributed by atoms with Gasteiger partial charge in [0.15, 0.2) is 10.9 Å². The van der Waals surface area contributed by atoms with Gasteiger partial charge in [0.2, 0.25) is 0 Å². The number of hydrogen-bond acceptors (Lipinski definition) is 3. The topological polar surface area (TPSA) is 67.8 Å². The Bertz CT molecular complexity index is 1170. The molecule has 0 aliphatic rings. The van der Waals surface area contributed by atoms with Crippen LogP contribution in [0.2, 0.25) is 0 Å². The van der Waals surface area contributed by atoms with E-state index >= 15 is 0 Å². The molecule has 0 atom stereocenters. The summed E-state index contributed by atoms with van der Waals surface area (Å²) in [6.07, 6.45) is 5.48. The highest BCUT2D eigenvalue weighted by molar-refractivity contribution is 5.93. The monoisotopic (exact) mass is 303 g/mol. The highest BCUT2D eigenvalue weighted by atomic mass is 16.1. The minimum Gasteiger partial charge on any atom is -0.360 e. The van der Waals surface area contributed by atoms with Crippen LogP contribution < -0.4 is 10.9 Å². The molecule has 4 rings (SSSR count). The fraction of sp³-hybridized carbons (Fsp3) is 0.0556. The van der Waals surface area contributed by atoms with E-state index in [0.717, 1.165) is 22.0 Å². The number of benzene rings is 1. The molecule has 0 bridgehead atoms. The molecule has 2 heterocycles. The maximum atomic E-state index is 12.8. The molecule has 0 radical (unpaired) electrons. The number of aryl methyl sites for hydroxylation is 1. The molecule has 0 amide bonds. The second-order valence-electron chi connectivity index (χ2n) is 5.53. The summed E-state index contributed by atoms with van der Waals surface area (Å²) in [5.41, 5.74) is 2.21. The lowest BCUT2D eigenvalue weighted by atomic mass is 10.1. The number of aromatic nitrogens is 3. The van der Waals surface area contributed by atoms with E-state index in [0.29, 0.717) is 10.8 Å². The maximum Gasteiger partial charge on any atom is 0.195 e. The first-order chi connectivity index (χ1) is 11.1. The lowest BCUT2D eigenvalue weighted by molar-refractivity contribution is 0.768. The van der Waals surface area contributed by atoms with Crippen molar-refractivity contribution in [1.29, 1.82) is 0 Å². The Kier molecular flexibility index (Phi) is 2.87. The van der Waals surface area contributed by atoms with Gasteiger partial charge in [0.25, 0.3) is 0 Å². The Hall–Kier alpha value is -3.21. The first kappa shape index (κ1) is 13.5. The van der Waals surface area contributed by atoms with Gasteiger partial charge in [0.05, 0.1) is 6.20 Å². The summed E-state index contributed by atoms with van der Waals surface area (Å²) in [7, 11) is 1.84. The molecular weight excluding hydrogens is 290 g/mol. The molecule has 23 heavy (non-hydrogen) atoms. The Morgan fingerprint density at radius 1 is 1.00 bits per heavy atom. The summed E-state index contributed by atoms with van der Waals surface area (Å²) in [4.78, 5) is 27.6. The van der Waals surface area contributed by atoms with E-state index in [-0.39, 0.29) is 10.9 Å². The van der Waals surface area contributed by atoms with Crippen molar-refractivity contribution in [2.24, 2.45) is 7.05 Å². The lowest BCUT2D eigenvalue weighted by Crippen LogP contribution is -2.04. The van der Waals surface area contributed by atoms with Crippen LogP contribution in [0.1, 0.15) is 0 Å². The van der Waals surface area contributed by atoms with E-state index in [2.05, 4.69) is 10.1 Å². The number of fused-ring (bicyclic) bond motifs is 2. The zero-order valence-corrected chi connectivity index (χ0v) is 12.4. The molecule has 1 N–H and O–H groups in total. The van der Waals surface area contributed by atoms with Gasteiger partial charge in [-0.2, -0.15) is 5.10 Å². The van der Waals surface area contributed by atoms with Crippen molar-refractivity contribution >= 4 is 21.7 Å². The summed E-state index contributed by atoms with van der Waals surface area (Å²) in [5, 5.41) is 5.89. The van der Waals surface area contributed by atoms with Crippen molar-refractivity contribution in [2.75, 3.05) is 0 Å². The number of nitrogens with zero attached hydrogens (tertiary/aromatic N) is 2. The fourth-order valence-electron chi connectivity index (χ4n) is 2.77. The van der Waals surface area contributed by atoms with E-state index < -0.39 is 0 Å². The second kappa shape index (κ2) is 4.91. The molecule has 4 aromatic rings. The zero-order chi connectivity index (χ0) is 16.0. The second-order valence-corrected chi connectivity index (χ2v) is 5.53. The van der Waals surface area contributed by atoms with Gasteiger partial charge in [0.1, 0.15) is 0 Å². The average Bonchev–Trinajstić information content (AvgIpc) is 2.94. The van der Waals surface area contributed by atoms with Crippen LogP contribution in [0.4, 0.5) is 0 Å². The first-order valence-electron chi connectivity index (χ1n) is 7.20. The number of rotatable bonds is 1. The third kappa shape index (κ3) is 2.23. The summed E-state index contributed by atoms with van der Waals surface area (Å²) >= 11 is 0. The number of H-pyrrole nitrogens is 1. The van der Waals surface area contributed by atoms with Crippen molar-refractivity contribution in [3.63, 3.8) is 0 Å². The standard InChI is InChI=1S/C18H13N3O2/c1-21-10-13(9-20-21)12-6-16-17(19-8-12)5-3-11-2-4-14(22)7-15(11)18(16)23/h2-10,19H,1H3. The van der Waals surface area contributed by atoms with E-state index in [1.54, 1.807) is 16.9 Å². The largest absolute Gasteiger partial charge is 0.360 e. The molecule has 2 aromatic carbocycles. The molecule has 0 unspecified atom stereocenters. The van der Waals surface area contributed by atoms with Crippen LogP contribution in [0.25, 0.3) is 32.8 Å². The average molecular weight is 303 g/mol. The van der Waals surface area contributed by atoms with Crippen molar-refractivity contribution in [3.05, 3.63) is 75.4 Å². The predicted octanol–water partition coefficient (Wildman–Crippen LogP) is 2.44. The van der Waals surface area contributed by atoms with Crippen LogP contribution in [-0.2, 0) is 7.05 Å². The van der Waals surface area contributed by atoms with Crippen LogP contribution in [0.5, 0.6) is 0 Å². The first-order valence-corrected chi connectivity index (χ1v) is 7.20. The van der Waals surface area contributed by atoms with Crippen LogP contribution in [0, 0.1) is 0 Å². The predicted molar refractivity (Wildman–Crippen MR) is 90.5 cm³/mol. The third-order valence-electron chi connectivity index (χ3n) is 3.95. The molecule has 0 fully saturated rings. The Labute approximate surface area is 130 Å². The minimum absolute atomic E-state index is 0.153. The van der Waals surface area contributed by atoms with Gasteiger partial charge in [-0.1, -0.05) is 12.1 Å². The summed E-state index contributed by atoms with van der Waals surface area (Å²) in [5.74, 6) is 0. The molecule has 5 heteroatoms. The van der Waals surface area contributed by atoms with Crippen LogP contribution >= 0.6 is 0 Å². The number of hydrogen-bond donors (Lipinski definition) is 1. The molecule has 5 nitrogen and oxygen atoms in total. The van der Waals surface area contributed by atoms with Gasteiger partial charge in [-0.25, -0.2) is 0 Å². The maximum absolute atomic E-state index is 12.8. The minimum atomic E-state index is -0.165. The van der Waals surface area contributed by atoms with E-state index in [1.165, 1.54) is 12.1 Å². The number of aromatic amines is 1. The van der Waals surface area contributed by atoms with Crippen molar-refractivity contribution in [1.82, 2.24) is 14.8 Å². The Morgan fingerprint density at radius 2 is 1.83 bits per heavy atom. The van der Waals surface area contributed by atoms with Crippen LogP contribution in [0.15, 0.2) is 64.6 Å². The third-order valence-corrected chi connectivity index (χ3v) is 3.95. The van der Waals surface area contributed by atoms with Crippen molar-refractivity contribution in [2.45, 2.75) is 0 Å². The molecule has 0 saturated carbocycles. The smallest absolute Gasteiger partial charge is 0.195 e. The normalized spacial score (nSPS) is 11.2. The molecular formula is C18H13N3O2. The van der Waals surface area contributed by atoms with E-state index in [4.69, 9.17) is 0 Å². The number of pyridine rings is 1. The highest BCUT2D eigenvalue weighted by Gasteiger charge is 2.07. The molecule has 0 aliphatic carbocycles. The van der Waals surface area contributed by atoms with Gasteiger partial charge in [-0.15, -0.1) is 0 Å². The van der Waals surface area contributed by atoms with Gasteiger partial charge < -0.3 is 4.98 Å². The molecule has 0 saturated heterocycles. The van der Waals surface area contributed by atoms with Gasteiger partial charge in [-0.05, 0) is 29.7 Å². The lowest BCUT2D eigenvalue weighted by Gasteiger charge is -1.99. The number of nitrogens with one attached hydrogen (secondary N) is 1. The van der Waals surface area contributed by atoms with Gasteiger partial charge in [0, 0.05) is 46.9 Å². The van der Waals surface area contributed by atoms with Gasteiger partial charge in [-0.3, -0.25) is 14.3 Å². The molecule has 112 valence electrons. The van der Waals surface area contributed by atoms with Crippen LogP contribution in [0.3, 0.4) is 0 Å². The summed E-state index contributed by atoms with van der Waals surface area (Å²) in [6.45, 7) is 0. The molecule has 2 aromatic heterocycles. The van der Waals surface area contributed by atoms with E-state index in [1.807, 2.05) is 37.6 Å². The molecule has 0 aliphatic heterocycles. The van der Waals surface area contributed by atoms with Crippen molar-refractivity contribution in [3.8, 4) is 11.1 Å². The van der Waals surface area contributed by atoms with Crippen molar-refractivity contribution < 1.29 is 0 Å². The van der Waals surface area contributed by atoms with Gasteiger partial charge >= 0.3 is 0 Å². The Balaban J connectivity index is 2.11. The highest BCUT2D eigenvalue weighted by Crippen LogP contribution is 2.21.